The molecule has 0 spiro atoms. The SMILES string of the molecule is N=C(N)c1ccc(CNC(=O)[C@H](CO)NC(=O)[C@@H](CO)NC(=O)CN2CCN(CC(=O)O)CCN(CC(=O)O)CCN(CC(=O)O)CC2)cc1.[Gd]. The summed E-state index contributed by atoms with van der Waals surface area (Å²) in [6.45, 7) is -1.48. The number of amidine groups is 1. The Balaban J connectivity index is 0.0000130. The fourth-order valence-electron chi connectivity index (χ4n) is 5.00. The first-order valence-corrected chi connectivity index (χ1v) is 15.8. The zero-order valence-electron chi connectivity index (χ0n) is 28.0. The van der Waals surface area contributed by atoms with Gasteiger partial charge in [-0.25, -0.2) is 0 Å². The molecule has 3 amide bonds. The largest absolute Gasteiger partial charge is 0.480 e. The molecule has 11 N–H and O–H groups in total. The molecule has 286 valence electrons. The zero-order valence-corrected chi connectivity index (χ0v) is 30.2. The van der Waals surface area contributed by atoms with Gasteiger partial charge < -0.3 is 47.2 Å². The third-order valence-corrected chi connectivity index (χ3v) is 7.76. The smallest absolute Gasteiger partial charge is 0.317 e. The molecule has 0 unspecified atom stereocenters. The van der Waals surface area contributed by atoms with Gasteiger partial charge in [0.2, 0.25) is 17.7 Å². The average molecular weight is 867 g/mol. The van der Waals surface area contributed by atoms with E-state index in [9.17, 15) is 54.3 Å². The summed E-state index contributed by atoms with van der Waals surface area (Å²) in [4.78, 5) is 79.4. The van der Waals surface area contributed by atoms with E-state index in [2.05, 4.69) is 16.0 Å². The second kappa shape index (κ2) is 24.0. The van der Waals surface area contributed by atoms with Crippen LogP contribution in [-0.4, -0.2) is 190 Å². The average Bonchev–Trinajstić information content (AvgIpc) is 3.05. The molecule has 2 atom stereocenters. The number of nitrogens with two attached hydrogens (primary N) is 1. The molecule has 1 aliphatic rings. The van der Waals surface area contributed by atoms with Crippen molar-refractivity contribution in [3.8, 4) is 0 Å². The summed E-state index contributed by atoms with van der Waals surface area (Å²) in [6, 6.07) is 3.57. The van der Waals surface area contributed by atoms with Gasteiger partial charge in [0.05, 0.1) is 39.4 Å². The van der Waals surface area contributed by atoms with Gasteiger partial charge in [0, 0.05) is 104 Å². The number of nitrogen functional groups attached to an aromatic ring is 1. The molecule has 1 saturated heterocycles. The van der Waals surface area contributed by atoms with Gasteiger partial charge in [-0.1, -0.05) is 24.3 Å². The van der Waals surface area contributed by atoms with Crippen LogP contribution in [0.15, 0.2) is 24.3 Å². The minimum atomic E-state index is -1.50. The fraction of sp³-hybridized carbons (Fsp3) is 0.567. The molecule has 20 nitrogen and oxygen atoms in total. The van der Waals surface area contributed by atoms with Crippen molar-refractivity contribution in [1.82, 2.24) is 35.6 Å². The van der Waals surface area contributed by atoms with Crippen LogP contribution in [0.1, 0.15) is 11.1 Å². The van der Waals surface area contributed by atoms with E-state index < -0.39 is 60.9 Å². The molecule has 1 aromatic rings. The number of rotatable bonds is 17. The maximum atomic E-state index is 13.1. The molecule has 1 fully saturated rings. The Hall–Kier alpha value is -3.41. The first-order chi connectivity index (χ1) is 23.7. The number of carbonyl (C=O) groups excluding carboxylic acids is 3. The molecule has 0 radical (unpaired) electrons. The van der Waals surface area contributed by atoms with Crippen molar-refractivity contribution >= 4 is 41.5 Å². The molecular formula is C30H47GdN9O11. The minimum Gasteiger partial charge on any atom is -0.480 e. The number of hydrogen-bond donors (Lipinski definition) is 10. The van der Waals surface area contributed by atoms with Crippen molar-refractivity contribution < 1.29 is 94.2 Å². The van der Waals surface area contributed by atoms with Crippen LogP contribution in [0.3, 0.4) is 0 Å². The van der Waals surface area contributed by atoms with Gasteiger partial charge in [-0.3, -0.25) is 53.8 Å². The van der Waals surface area contributed by atoms with Crippen LogP contribution in [0.5, 0.6) is 0 Å². The Kier molecular flexibility index (Phi) is 21.4. The van der Waals surface area contributed by atoms with Gasteiger partial charge in [0.15, 0.2) is 0 Å². The van der Waals surface area contributed by atoms with Crippen molar-refractivity contribution in [2.75, 3.05) is 91.8 Å². The van der Waals surface area contributed by atoms with Crippen molar-refractivity contribution in [3.05, 3.63) is 35.4 Å². The minimum absolute atomic E-state index is 0. The number of nitrogens with zero attached hydrogens (tertiary/aromatic N) is 4. The Morgan fingerprint density at radius 3 is 1.37 bits per heavy atom. The summed E-state index contributed by atoms with van der Waals surface area (Å²) in [5.74, 6) is -5.79. The molecular weight excluding hydrogens is 820 g/mol. The van der Waals surface area contributed by atoms with E-state index in [-0.39, 0.29) is 131 Å². The number of benzene rings is 1. The van der Waals surface area contributed by atoms with Crippen LogP contribution in [0.2, 0.25) is 0 Å². The number of carbonyl (C=O) groups is 6. The van der Waals surface area contributed by atoms with E-state index in [0.717, 1.165) is 0 Å². The van der Waals surface area contributed by atoms with Gasteiger partial charge in [-0.15, -0.1) is 0 Å². The second-order valence-electron chi connectivity index (χ2n) is 11.7. The predicted octanol–water partition coefficient (Wildman–Crippen LogP) is -4.98. The quantitative estimate of drug-likeness (QED) is 0.0518. The fourth-order valence-corrected chi connectivity index (χ4v) is 5.00. The molecule has 1 heterocycles. The second-order valence-corrected chi connectivity index (χ2v) is 11.7. The zero-order chi connectivity index (χ0) is 37.2. The first kappa shape index (κ1) is 45.6. The van der Waals surface area contributed by atoms with E-state index in [1.807, 2.05) is 0 Å². The van der Waals surface area contributed by atoms with Gasteiger partial charge in [-0.2, -0.15) is 0 Å². The Morgan fingerprint density at radius 2 is 1.02 bits per heavy atom. The monoisotopic (exact) mass is 867 g/mol. The molecule has 1 aromatic carbocycles. The van der Waals surface area contributed by atoms with Crippen molar-refractivity contribution in [2.45, 2.75) is 18.6 Å². The normalized spacial score (nSPS) is 16.6. The van der Waals surface area contributed by atoms with Gasteiger partial charge in [-0.05, 0) is 5.56 Å². The summed E-state index contributed by atoms with van der Waals surface area (Å²) in [7, 11) is 0. The van der Waals surface area contributed by atoms with Crippen LogP contribution in [-0.2, 0) is 35.3 Å². The van der Waals surface area contributed by atoms with Crippen molar-refractivity contribution in [1.29, 1.82) is 5.41 Å². The molecule has 0 aromatic heterocycles. The van der Waals surface area contributed by atoms with Gasteiger partial charge in [0.1, 0.15) is 17.9 Å². The summed E-state index contributed by atoms with van der Waals surface area (Å²) >= 11 is 0. The van der Waals surface area contributed by atoms with Gasteiger partial charge >= 0.3 is 17.9 Å². The Morgan fingerprint density at radius 1 is 0.647 bits per heavy atom. The maximum Gasteiger partial charge on any atom is 0.317 e. The standard InChI is InChI=1S/C30H47N9O11.Gd/c31-28(32)21-3-1-20(2-4-21)13-33-29(49)22(18-40)35-30(50)23(19-41)34-24(42)14-36-5-7-37(15-25(43)44)9-11-39(17-27(47)48)12-10-38(8-6-36)16-26(45)46;/h1-4,22-23,40-41H,5-19H2,(H3,31,32)(H,33,49)(H,34,42)(H,35,50)(H,43,44)(H,45,46)(H,47,48);/t22-,23+;/m0./s1. The maximum absolute atomic E-state index is 13.1. The molecule has 0 bridgehead atoms. The third-order valence-electron chi connectivity index (χ3n) is 7.76. The summed E-state index contributed by atoms with van der Waals surface area (Å²) < 4.78 is 0. The Labute approximate surface area is 326 Å². The third kappa shape index (κ3) is 18.1. The number of nitrogens with one attached hydrogen (secondary N) is 4. The summed E-state index contributed by atoms with van der Waals surface area (Å²) in [5, 5.41) is 62.4. The topological polar surface area (TPSA) is 302 Å². The van der Waals surface area contributed by atoms with E-state index in [1.165, 1.54) is 0 Å². The van der Waals surface area contributed by atoms with Crippen molar-refractivity contribution in [2.24, 2.45) is 5.73 Å². The van der Waals surface area contributed by atoms with Crippen LogP contribution < -0.4 is 21.7 Å². The number of amides is 3. The van der Waals surface area contributed by atoms with Crippen LogP contribution in [0, 0.1) is 45.3 Å². The Bertz CT molecular complexity index is 1310. The van der Waals surface area contributed by atoms with Crippen LogP contribution >= 0.6 is 0 Å². The van der Waals surface area contributed by atoms with E-state index >= 15 is 0 Å². The van der Waals surface area contributed by atoms with Crippen molar-refractivity contribution in [3.63, 3.8) is 0 Å². The molecule has 21 heteroatoms. The number of carboxylic acid groups (broad SMARTS) is 3. The number of aliphatic hydroxyl groups is 2. The predicted molar refractivity (Wildman–Crippen MR) is 176 cm³/mol. The molecule has 51 heavy (non-hydrogen) atoms. The summed E-state index contributed by atoms with van der Waals surface area (Å²) in [6.07, 6.45) is 0. The summed E-state index contributed by atoms with van der Waals surface area (Å²) in [5.41, 5.74) is 6.58. The van der Waals surface area contributed by atoms with E-state index in [0.29, 0.717) is 11.1 Å². The van der Waals surface area contributed by atoms with Crippen LogP contribution in [0.4, 0.5) is 0 Å². The number of aliphatic hydroxyl groups excluding tert-OH is 2. The molecule has 1 aliphatic heterocycles. The molecule has 0 aliphatic carbocycles. The number of carboxylic acids is 3. The van der Waals surface area contributed by atoms with Gasteiger partial charge in [0.25, 0.3) is 0 Å². The van der Waals surface area contributed by atoms with E-state index in [1.54, 1.807) is 43.9 Å². The number of hydrogen-bond acceptors (Lipinski definition) is 13. The van der Waals surface area contributed by atoms with Crippen LogP contribution in [0.25, 0.3) is 0 Å². The first-order valence-electron chi connectivity index (χ1n) is 15.8. The molecule has 2 rings (SSSR count). The molecule has 0 saturated carbocycles. The van der Waals surface area contributed by atoms with E-state index in [4.69, 9.17) is 11.1 Å². The number of aliphatic carboxylic acids is 3.